The lowest BCUT2D eigenvalue weighted by Gasteiger charge is -2.25. The van der Waals surface area contributed by atoms with E-state index in [2.05, 4.69) is 77.9 Å². The molecule has 0 atom stereocenters. The first kappa shape index (κ1) is 51.5. The molecule has 0 aromatic heterocycles. The van der Waals surface area contributed by atoms with Crippen LogP contribution in [0.25, 0.3) is 44.5 Å². The topological polar surface area (TPSA) is 186 Å². The van der Waals surface area contributed by atoms with E-state index in [4.69, 9.17) is 0 Å². The van der Waals surface area contributed by atoms with E-state index in [1.54, 1.807) is 47.8 Å². The van der Waals surface area contributed by atoms with Gasteiger partial charge in [0, 0.05) is 50.9 Å². The Morgan fingerprint density at radius 3 is 0.658 bits per heavy atom. The summed E-state index contributed by atoms with van der Waals surface area (Å²) >= 11 is 0. The minimum absolute atomic E-state index is 0.161. The summed E-state index contributed by atoms with van der Waals surface area (Å²) in [5.41, 5.74) is 10.1. The lowest BCUT2D eigenvalue weighted by molar-refractivity contribution is -0.393. The molecule has 0 fully saturated rings. The molecule has 384 valence electrons. The van der Waals surface area contributed by atoms with Crippen LogP contribution in [0.4, 0.5) is 68.2 Å². The first-order chi connectivity index (χ1) is 35.9. The van der Waals surface area contributed by atoms with Crippen molar-refractivity contribution < 1.29 is 19.7 Å². The lowest BCUT2D eigenvalue weighted by Crippen LogP contribution is -2.16. The Hall–Kier alpha value is -9.44. The quantitative estimate of drug-likeness (QED) is 0.120. The molecular formula is C60H56N8O8. The second-order valence-electron chi connectivity index (χ2n) is 21.2. The molecule has 8 aromatic carbocycles. The molecule has 7 aliphatic heterocycles. The van der Waals surface area contributed by atoms with Gasteiger partial charge in [-0.05, 0) is 139 Å². The van der Waals surface area contributed by atoms with Gasteiger partial charge in [-0.1, -0.05) is 114 Å². The highest BCUT2D eigenvalue weighted by atomic mass is 16.6. The van der Waals surface area contributed by atoms with Gasteiger partial charge in [0.25, 0.3) is 22.7 Å². The molecule has 0 saturated heterocycles. The fourth-order valence-corrected chi connectivity index (χ4v) is 9.62. The first-order valence-electron chi connectivity index (χ1n) is 24.5. The standard InChI is InChI=1S/C60H56N8O8/c1-59(2,3)45-29-41-27-42(30-45)38-13-21-48(22-14-38)62(8)52-34-54(58(68(75)76)36-56(52)66(71)72)64(10)50-25-17-40(18-26-50)44-28-43(31-46(32-44)60(4,5)6)39-15-23-49(24-16-39)63(9)53-33-51(55(65(69)70)35-57(53)67(73)74)61(7)47-19-11-37(41)12-20-47/h11-36H,1-10H3. The number of nitro benzene ring substituents is 4. The van der Waals surface area contributed by atoms with E-state index in [0.717, 1.165) is 67.8 Å². The van der Waals surface area contributed by atoms with Crippen LogP contribution < -0.4 is 19.6 Å². The second kappa shape index (κ2) is 19.4. The number of nitro groups is 4. The Kier molecular flexibility index (Phi) is 13.2. The van der Waals surface area contributed by atoms with Crippen LogP contribution in [0.1, 0.15) is 52.7 Å². The summed E-state index contributed by atoms with van der Waals surface area (Å²) in [4.78, 5) is 54.9. The number of hydrogen-bond acceptors (Lipinski definition) is 12. The molecule has 15 rings (SSSR count). The zero-order valence-corrected chi connectivity index (χ0v) is 43.9. The van der Waals surface area contributed by atoms with Crippen LogP contribution in [0.3, 0.4) is 0 Å². The highest BCUT2D eigenvalue weighted by Gasteiger charge is 2.32. The number of rotatable bonds is 4. The van der Waals surface area contributed by atoms with Gasteiger partial charge in [-0.2, -0.15) is 0 Å². The number of hydrogen-bond donors (Lipinski definition) is 0. The summed E-state index contributed by atoms with van der Waals surface area (Å²) in [6, 6.07) is 48.0. The van der Waals surface area contributed by atoms with E-state index in [0.29, 0.717) is 22.7 Å². The monoisotopic (exact) mass is 1020 g/mol. The maximum absolute atomic E-state index is 12.7. The Labute approximate surface area is 440 Å². The van der Waals surface area contributed by atoms with Crippen molar-refractivity contribution in [1.82, 2.24) is 0 Å². The van der Waals surface area contributed by atoms with Crippen molar-refractivity contribution >= 4 is 68.2 Å². The molecule has 0 unspecified atom stereocenters. The predicted octanol–water partition coefficient (Wildman–Crippen LogP) is 16.0. The molecule has 7 heterocycles. The van der Waals surface area contributed by atoms with Gasteiger partial charge in [-0.15, -0.1) is 0 Å². The van der Waals surface area contributed by atoms with E-state index in [1.807, 2.05) is 97.1 Å². The van der Waals surface area contributed by atoms with Crippen LogP contribution >= 0.6 is 0 Å². The molecule has 76 heavy (non-hydrogen) atoms. The van der Waals surface area contributed by atoms with Gasteiger partial charge in [0.1, 0.15) is 22.7 Å². The van der Waals surface area contributed by atoms with Gasteiger partial charge in [0.2, 0.25) is 0 Å². The summed E-state index contributed by atoms with van der Waals surface area (Å²) in [5.74, 6) is 0. The largest absolute Gasteiger partial charge is 0.339 e. The van der Waals surface area contributed by atoms with Crippen LogP contribution in [0.5, 0.6) is 0 Å². The van der Waals surface area contributed by atoms with Gasteiger partial charge < -0.3 is 19.6 Å². The average Bonchev–Trinajstić information content (AvgIpc) is 3.40. The lowest BCUT2D eigenvalue weighted by atomic mass is 9.83. The SMILES string of the molecule is CN1c2ccc(cc2)-c2cc(cc(C(C)(C)C)c2)-c2ccc(cc2)N(C)c2cc(c([N+](=O)[O-])cc2[N+](=O)[O-])N(C)c2ccc(cc2)-c2cc(cc(C(C)(C)C)c2)-c2ccc(cc2)N(C)c2cc1c([N+](=O)[O-])cc2[N+](=O)[O-]. The zero-order valence-electron chi connectivity index (χ0n) is 43.9. The van der Waals surface area contributed by atoms with Crippen LogP contribution in [0, 0.1) is 40.5 Å². The van der Waals surface area contributed by atoms with E-state index in [-0.39, 0.29) is 33.6 Å². The Morgan fingerprint density at radius 1 is 0.289 bits per heavy atom. The summed E-state index contributed by atoms with van der Waals surface area (Å²) in [6.45, 7) is 12.7. The summed E-state index contributed by atoms with van der Waals surface area (Å²) < 4.78 is 0. The predicted molar refractivity (Wildman–Crippen MR) is 304 cm³/mol. The summed E-state index contributed by atoms with van der Waals surface area (Å²) in [5, 5.41) is 50.7. The molecule has 0 saturated carbocycles. The molecule has 7 aliphatic rings. The zero-order chi connectivity index (χ0) is 54.7. The Bertz CT molecular complexity index is 3170. The van der Waals surface area contributed by atoms with Crippen LogP contribution in [0.2, 0.25) is 0 Å². The molecule has 16 heteroatoms. The van der Waals surface area contributed by atoms with E-state index < -0.39 is 42.4 Å². The first-order valence-corrected chi connectivity index (χ1v) is 24.5. The fraction of sp³-hybridized carbons (Fsp3) is 0.200. The third kappa shape index (κ3) is 9.87. The molecule has 16 nitrogen and oxygen atoms in total. The average molecular weight is 1020 g/mol. The third-order valence-electron chi connectivity index (χ3n) is 14.3. The van der Waals surface area contributed by atoms with Crippen molar-refractivity contribution in [2.75, 3.05) is 47.8 Å². The van der Waals surface area contributed by atoms with Crippen LogP contribution in [0.15, 0.2) is 158 Å². The van der Waals surface area contributed by atoms with E-state index in [9.17, 15) is 40.5 Å². The third-order valence-corrected chi connectivity index (χ3v) is 14.3. The summed E-state index contributed by atoms with van der Waals surface area (Å²) in [7, 11) is 6.77. The number of benzene rings is 8. The highest BCUT2D eigenvalue weighted by Crippen LogP contribution is 2.47. The van der Waals surface area contributed by atoms with Gasteiger partial charge in [0.15, 0.2) is 0 Å². The van der Waals surface area contributed by atoms with Crippen LogP contribution in [-0.2, 0) is 10.8 Å². The van der Waals surface area contributed by atoms with Gasteiger partial charge in [-0.3, -0.25) is 40.5 Å². The van der Waals surface area contributed by atoms with E-state index >= 15 is 0 Å². The maximum Gasteiger partial charge on any atom is 0.299 e. The molecular weight excluding hydrogens is 961 g/mol. The van der Waals surface area contributed by atoms with Crippen molar-refractivity contribution in [2.45, 2.75) is 52.4 Å². The smallest absolute Gasteiger partial charge is 0.299 e. The maximum atomic E-state index is 12.7. The van der Waals surface area contributed by atoms with Crippen molar-refractivity contribution in [1.29, 1.82) is 0 Å². The molecule has 0 amide bonds. The molecule has 0 spiro atoms. The van der Waals surface area contributed by atoms with Crippen molar-refractivity contribution in [3.05, 3.63) is 209 Å². The molecule has 0 N–H and O–H groups in total. The van der Waals surface area contributed by atoms with E-state index in [1.165, 1.54) is 12.1 Å². The van der Waals surface area contributed by atoms with Crippen LogP contribution in [-0.4, -0.2) is 47.9 Å². The Morgan fingerprint density at radius 2 is 0.487 bits per heavy atom. The molecule has 16 bridgehead atoms. The normalized spacial score (nSPS) is 12.7. The second-order valence-corrected chi connectivity index (χ2v) is 21.2. The van der Waals surface area contributed by atoms with Gasteiger partial charge in [-0.25, -0.2) is 0 Å². The molecule has 8 aromatic rings. The molecule has 0 aliphatic carbocycles. The minimum atomic E-state index is -0.604. The number of nitrogens with zero attached hydrogens (tertiary/aromatic N) is 8. The number of anilines is 8. The van der Waals surface area contributed by atoms with Gasteiger partial charge in [0.05, 0.1) is 31.8 Å². The van der Waals surface area contributed by atoms with Crippen molar-refractivity contribution in [3.8, 4) is 44.5 Å². The fourth-order valence-electron chi connectivity index (χ4n) is 9.62. The Balaban J connectivity index is 1.23. The van der Waals surface area contributed by atoms with Gasteiger partial charge >= 0.3 is 0 Å². The van der Waals surface area contributed by atoms with Crippen molar-refractivity contribution in [2.24, 2.45) is 0 Å². The van der Waals surface area contributed by atoms with Crippen molar-refractivity contribution in [3.63, 3.8) is 0 Å². The summed E-state index contributed by atoms with van der Waals surface area (Å²) in [6.07, 6.45) is 0. The molecule has 0 radical (unpaired) electrons. The highest BCUT2D eigenvalue weighted by molar-refractivity contribution is 5.88. The minimum Gasteiger partial charge on any atom is -0.339 e.